The highest BCUT2D eigenvalue weighted by atomic mass is 35.5. The summed E-state index contributed by atoms with van der Waals surface area (Å²) >= 11 is 5.76. The van der Waals surface area contributed by atoms with Crippen LogP contribution in [0.1, 0.15) is 11.1 Å². The van der Waals surface area contributed by atoms with Gasteiger partial charge in [-0.15, -0.1) is 0 Å². The van der Waals surface area contributed by atoms with Crippen molar-refractivity contribution >= 4 is 29.4 Å². The third kappa shape index (κ3) is 4.68. The predicted molar refractivity (Wildman–Crippen MR) is 84.0 cm³/mol. The van der Waals surface area contributed by atoms with Crippen molar-refractivity contribution in [1.82, 2.24) is 5.43 Å². The molecule has 0 radical (unpaired) electrons. The Morgan fingerprint density at radius 3 is 2.68 bits per heavy atom. The molecule has 112 valence electrons. The zero-order chi connectivity index (χ0) is 15.9. The Morgan fingerprint density at radius 2 is 2.00 bits per heavy atom. The minimum absolute atomic E-state index is 0.0311. The summed E-state index contributed by atoms with van der Waals surface area (Å²) in [5.74, 6) is -0.288. The Morgan fingerprint density at radius 1 is 1.27 bits per heavy atom. The lowest BCUT2D eigenvalue weighted by Gasteiger charge is -2.00. The monoisotopic (exact) mass is 317 g/mol. The van der Waals surface area contributed by atoms with Crippen LogP contribution < -0.4 is 5.43 Å². The van der Waals surface area contributed by atoms with Crippen LogP contribution >= 0.6 is 11.6 Å². The maximum atomic E-state index is 11.7. The minimum atomic E-state index is -0.490. The summed E-state index contributed by atoms with van der Waals surface area (Å²) in [5, 5.41) is 15.0. The number of non-ortho nitro benzene ring substituents is 1. The molecule has 2 aromatic carbocycles. The van der Waals surface area contributed by atoms with Gasteiger partial charge >= 0.3 is 0 Å². The van der Waals surface area contributed by atoms with Crippen molar-refractivity contribution < 1.29 is 9.72 Å². The van der Waals surface area contributed by atoms with Gasteiger partial charge in [0.15, 0.2) is 0 Å². The fourth-order valence-corrected chi connectivity index (χ4v) is 1.85. The molecule has 1 amide bonds. The summed E-state index contributed by atoms with van der Waals surface area (Å²) in [7, 11) is 0. The van der Waals surface area contributed by atoms with Gasteiger partial charge in [-0.3, -0.25) is 14.9 Å². The molecule has 2 aromatic rings. The van der Waals surface area contributed by atoms with Crippen LogP contribution in [0.3, 0.4) is 0 Å². The van der Waals surface area contributed by atoms with Crippen molar-refractivity contribution in [3.63, 3.8) is 0 Å². The molecule has 6 nitrogen and oxygen atoms in total. The molecule has 22 heavy (non-hydrogen) atoms. The Kier molecular flexibility index (Phi) is 5.21. The Balaban J connectivity index is 1.91. The lowest BCUT2D eigenvalue weighted by atomic mass is 10.1. The Labute approximate surface area is 131 Å². The summed E-state index contributed by atoms with van der Waals surface area (Å²) in [6.45, 7) is 0. The predicted octanol–water partition coefficient (Wildman–Crippen LogP) is 2.94. The van der Waals surface area contributed by atoms with E-state index in [4.69, 9.17) is 11.6 Å². The number of nitro benzene ring substituents is 1. The van der Waals surface area contributed by atoms with Gasteiger partial charge in [-0.05, 0) is 17.7 Å². The number of carbonyl (C=O) groups is 1. The smallest absolute Gasteiger partial charge is 0.270 e. The number of rotatable bonds is 5. The highest BCUT2D eigenvalue weighted by molar-refractivity contribution is 6.30. The number of halogens is 1. The maximum absolute atomic E-state index is 11.7. The number of benzene rings is 2. The highest BCUT2D eigenvalue weighted by Gasteiger charge is 2.04. The number of hydrazone groups is 1. The number of carbonyl (C=O) groups excluding carboxylic acids is 1. The molecule has 0 saturated heterocycles. The SMILES string of the molecule is O=C(Cc1ccc(Cl)cc1)NN=Cc1cccc([N+](=O)[O-])c1. The van der Waals surface area contributed by atoms with Crippen LogP contribution in [0.4, 0.5) is 5.69 Å². The van der Waals surface area contributed by atoms with E-state index in [9.17, 15) is 14.9 Å². The molecule has 0 fully saturated rings. The van der Waals surface area contributed by atoms with Crippen LogP contribution in [0.5, 0.6) is 0 Å². The van der Waals surface area contributed by atoms with Crippen molar-refractivity contribution in [1.29, 1.82) is 0 Å². The van der Waals surface area contributed by atoms with Crippen LogP contribution in [0.25, 0.3) is 0 Å². The van der Waals surface area contributed by atoms with E-state index in [1.54, 1.807) is 36.4 Å². The van der Waals surface area contributed by atoms with Gasteiger partial charge in [0.05, 0.1) is 17.6 Å². The van der Waals surface area contributed by atoms with E-state index in [1.165, 1.54) is 18.3 Å². The molecule has 0 bridgehead atoms. The lowest BCUT2D eigenvalue weighted by Crippen LogP contribution is -2.19. The molecule has 1 N–H and O–H groups in total. The van der Waals surface area contributed by atoms with E-state index < -0.39 is 4.92 Å². The quantitative estimate of drug-likeness (QED) is 0.522. The maximum Gasteiger partial charge on any atom is 0.270 e. The minimum Gasteiger partial charge on any atom is -0.273 e. The standard InChI is InChI=1S/C15H12ClN3O3/c16-13-6-4-11(5-7-13)9-15(20)18-17-10-12-2-1-3-14(8-12)19(21)22/h1-8,10H,9H2,(H,18,20). The van der Waals surface area contributed by atoms with Gasteiger partial charge < -0.3 is 0 Å². The van der Waals surface area contributed by atoms with Gasteiger partial charge in [-0.1, -0.05) is 35.9 Å². The number of nitrogens with one attached hydrogen (secondary N) is 1. The van der Waals surface area contributed by atoms with E-state index >= 15 is 0 Å². The second-order valence-corrected chi connectivity index (χ2v) is 4.88. The van der Waals surface area contributed by atoms with Gasteiger partial charge in [-0.25, -0.2) is 5.43 Å². The fourth-order valence-electron chi connectivity index (χ4n) is 1.72. The molecule has 0 saturated carbocycles. The van der Waals surface area contributed by atoms with Gasteiger partial charge in [0.25, 0.3) is 5.69 Å². The Hall–Kier alpha value is -2.73. The average molecular weight is 318 g/mol. The molecule has 0 aliphatic heterocycles. The van der Waals surface area contributed by atoms with Crippen molar-refractivity contribution in [2.24, 2.45) is 5.10 Å². The van der Waals surface area contributed by atoms with E-state index in [-0.39, 0.29) is 18.0 Å². The summed E-state index contributed by atoms with van der Waals surface area (Å²) in [4.78, 5) is 21.9. The zero-order valence-corrected chi connectivity index (χ0v) is 12.2. The fraction of sp³-hybridized carbons (Fsp3) is 0.0667. The molecule has 0 unspecified atom stereocenters. The molecular formula is C15H12ClN3O3. The summed E-state index contributed by atoms with van der Waals surface area (Å²) < 4.78 is 0. The third-order valence-corrected chi connectivity index (χ3v) is 3.01. The van der Waals surface area contributed by atoms with Gasteiger partial charge in [0.1, 0.15) is 0 Å². The van der Waals surface area contributed by atoms with E-state index in [2.05, 4.69) is 10.5 Å². The highest BCUT2D eigenvalue weighted by Crippen LogP contribution is 2.11. The first-order valence-corrected chi connectivity index (χ1v) is 6.73. The van der Waals surface area contributed by atoms with Crippen LogP contribution in [-0.2, 0) is 11.2 Å². The molecule has 0 spiro atoms. The molecule has 0 aromatic heterocycles. The van der Waals surface area contributed by atoms with Gasteiger partial charge in [-0.2, -0.15) is 5.10 Å². The Bertz CT molecular complexity index is 714. The molecule has 0 aliphatic rings. The van der Waals surface area contributed by atoms with Crippen molar-refractivity contribution in [2.75, 3.05) is 0 Å². The zero-order valence-electron chi connectivity index (χ0n) is 11.4. The van der Waals surface area contributed by atoms with Crippen molar-refractivity contribution in [2.45, 2.75) is 6.42 Å². The van der Waals surface area contributed by atoms with Crippen molar-refractivity contribution in [3.8, 4) is 0 Å². The molecule has 0 atom stereocenters. The molecule has 2 rings (SSSR count). The third-order valence-electron chi connectivity index (χ3n) is 2.76. The first-order valence-electron chi connectivity index (χ1n) is 6.35. The van der Waals surface area contributed by atoms with E-state index in [0.29, 0.717) is 10.6 Å². The topological polar surface area (TPSA) is 84.6 Å². The molecule has 7 heteroatoms. The summed E-state index contributed by atoms with van der Waals surface area (Å²) in [6, 6.07) is 12.9. The van der Waals surface area contributed by atoms with Crippen LogP contribution in [0.2, 0.25) is 5.02 Å². The normalized spacial score (nSPS) is 10.6. The molecule has 0 aliphatic carbocycles. The number of nitro groups is 1. The summed E-state index contributed by atoms with van der Waals surface area (Å²) in [6.07, 6.45) is 1.52. The van der Waals surface area contributed by atoms with E-state index in [1.807, 2.05) is 0 Å². The number of amides is 1. The summed E-state index contributed by atoms with van der Waals surface area (Å²) in [5.41, 5.74) is 3.68. The van der Waals surface area contributed by atoms with Crippen molar-refractivity contribution in [3.05, 3.63) is 74.8 Å². The van der Waals surface area contributed by atoms with Gasteiger partial charge in [0, 0.05) is 22.7 Å². The van der Waals surface area contributed by atoms with E-state index in [0.717, 1.165) is 5.56 Å². The van der Waals surface area contributed by atoms with Gasteiger partial charge in [0.2, 0.25) is 5.91 Å². The first kappa shape index (κ1) is 15.7. The van der Waals surface area contributed by atoms with Crippen LogP contribution in [-0.4, -0.2) is 17.0 Å². The number of hydrogen-bond acceptors (Lipinski definition) is 4. The molecular weight excluding hydrogens is 306 g/mol. The largest absolute Gasteiger partial charge is 0.273 e. The van der Waals surface area contributed by atoms with Crippen LogP contribution in [0.15, 0.2) is 53.6 Å². The number of hydrogen-bond donors (Lipinski definition) is 1. The molecule has 0 heterocycles. The van der Waals surface area contributed by atoms with Crippen LogP contribution in [0, 0.1) is 10.1 Å². The first-order chi connectivity index (χ1) is 10.5. The number of nitrogens with zero attached hydrogens (tertiary/aromatic N) is 2. The lowest BCUT2D eigenvalue weighted by molar-refractivity contribution is -0.384. The second-order valence-electron chi connectivity index (χ2n) is 4.45. The average Bonchev–Trinajstić information content (AvgIpc) is 2.50. The second kappa shape index (κ2) is 7.33.